The summed E-state index contributed by atoms with van der Waals surface area (Å²) < 4.78 is 14.2. The zero-order chi connectivity index (χ0) is 10.8. The second kappa shape index (κ2) is 3.96. The fourth-order valence-corrected chi connectivity index (χ4v) is 1.50. The first-order valence-electron chi connectivity index (χ1n) is 4.45. The van der Waals surface area contributed by atoms with E-state index in [1.54, 1.807) is 0 Å². The van der Waals surface area contributed by atoms with Gasteiger partial charge >= 0.3 is 11.9 Å². The standard InChI is InChI=1S/C9H14O5/c1-4-6-5-9(14-6,7(10)12-2)8(11)13-3/h6H,4-5H2,1-3H3. The molecule has 80 valence electrons. The lowest BCUT2D eigenvalue weighted by molar-refractivity contribution is -0.234. The number of methoxy groups -OCH3 is 2. The number of ether oxygens (including phenoxy) is 3. The van der Waals surface area contributed by atoms with Crippen molar-refractivity contribution in [3.05, 3.63) is 0 Å². The van der Waals surface area contributed by atoms with Gasteiger partial charge in [0.05, 0.1) is 20.3 Å². The number of carbonyl (C=O) groups excluding carboxylic acids is 2. The van der Waals surface area contributed by atoms with Crippen LogP contribution in [-0.2, 0) is 23.8 Å². The summed E-state index contributed by atoms with van der Waals surface area (Å²) in [6.07, 6.45) is 1.03. The first kappa shape index (κ1) is 11.0. The molecule has 1 heterocycles. The molecule has 0 aliphatic carbocycles. The molecule has 0 amide bonds. The Morgan fingerprint density at radius 1 is 1.36 bits per heavy atom. The Balaban J connectivity index is 2.74. The van der Waals surface area contributed by atoms with E-state index in [0.717, 1.165) is 6.42 Å². The molecular formula is C9H14O5. The van der Waals surface area contributed by atoms with Gasteiger partial charge < -0.3 is 14.2 Å². The van der Waals surface area contributed by atoms with Gasteiger partial charge in [-0.1, -0.05) is 6.92 Å². The molecule has 0 aromatic heterocycles. The van der Waals surface area contributed by atoms with Gasteiger partial charge in [0.1, 0.15) is 0 Å². The van der Waals surface area contributed by atoms with Crippen LogP contribution in [0.4, 0.5) is 0 Å². The van der Waals surface area contributed by atoms with E-state index in [0.29, 0.717) is 6.42 Å². The van der Waals surface area contributed by atoms with E-state index in [1.165, 1.54) is 14.2 Å². The highest BCUT2D eigenvalue weighted by molar-refractivity contribution is 6.04. The van der Waals surface area contributed by atoms with E-state index in [-0.39, 0.29) is 6.10 Å². The molecule has 1 aliphatic heterocycles. The van der Waals surface area contributed by atoms with Crippen molar-refractivity contribution in [1.82, 2.24) is 0 Å². The molecule has 1 rings (SSSR count). The molecule has 0 saturated carbocycles. The van der Waals surface area contributed by atoms with Crippen molar-refractivity contribution in [2.45, 2.75) is 31.5 Å². The lowest BCUT2D eigenvalue weighted by atomic mass is 9.88. The minimum absolute atomic E-state index is 0.0619. The van der Waals surface area contributed by atoms with Crippen molar-refractivity contribution in [2.24, 2.45) is 0 Å². The zero-order valence-corrected chi connectivity index (χ0v) is 8.53. The topological polar surface area (TPSA) is 61.8 Å². The van der Waals surface area contributed by atoms with Crippen LogP contribution in [0, 0.1) is 0 Å². The summed E-state index contributed by atoms with van der Waals surface area (Å²) >= 11 is 0. The molecule has 0 aromatic rings. The average Bonchev–Trinajstić information content (AvgIpc) is 2.15. The average molecular weight is 202 g/mol. The second-order valence-electron chi connectivity index (χ2n) is 3.16. The molecular weight excluding hydrogens is 188 g/mol. The molecule has 0 radical (unpaired) electrons. The van der Waals surface area contributed by atoms with Crippen molar-refractivity contribution in [1.29, 1.82) is 0 Å². The SMILES string of the molecule is CCC1CC(C(=O)OC)(C(=O)OC)O1. The van der Waals surface area contributed by atoms with Gasteiger partial charge in [-0.15, -0.1) is 0 Å². The summed E-state index contributed by atoms with van der Waals surface area (Å²) in [5.41, 5.74) is -1.51. The molecule has 1 saturated heterocycles. The first-order valence-corrected chi connectivity index (χ1v) is 4.45. The number of carbonyl (C=O) groups is 2. The van der Waals surface area contributed by atoms with E-state index in [1.807, 2.05) is 6.92 Å². The Labute approximate surface area is 82.3 Å². The van der Waals surface area contributed by atoms with E-state index in [9.17, 15) is 9.59 Å². The van der Waals surface area contributed by atoms with E-state index in [2.05, 4.69) is 9.47 Å². The molecule has 5 heteroatoms. The molecule has 1 unspecified atom stereocenters. The second-order valence-corrected chi connectivity index (χ2v) is 3.16. The molecule has 5 nitrogen and oxygen atoms in total. The van der Waals surface area contributed by atoms with Gasteiger partial charge in [-0.25, -0.2) is 9.59 Å². The van der Waals surface area contributed by atoms with Gasteiger partial charge in [-0.05, 0) is 6.42 Å². The highest BCUT2D eigenvalue weighted by Crippen LogP contribution is 2.36. The quantitative estimate of drug-likeness (QED) is 0.485. The highest BCUT2D eigenvalue weighted by atomic mass is 16.6. The fraction of sp³-hybridized carbons (Fsp3) is 0.778. The number of hydrogen-bond donors (Lipinski definition) is 0. The van der Waals surface area contributed by atoms with Gasteiger partial charge in [0, 0.05) is 6.42 Å². The van der Waals surface area contributed by atoms with Crippen LogP contribution in [0.5, 0.6) is 0 Å². The lowest BCUT2D eigenvalue weighted by Gasteiger charge is -2.42. The molecule has 14 heavy (non-hydrogen) atoms. The third-order valence-electron chi connectivity index (χ3n) is 2.37. The van der Waals surface area contributed by atoms with Crippen LogP contribution in [0.1, 0.15) is 19.8 Å². The van der Waals surface area contributed by atoms with Crippen LogP contribution in [0.3, 0.4) is 0 Å². The Bertz CT molecular complexity index is 224. The summed E-state index contributed by atoms with van der Waals surface area (Å²) in [6, 6.07) is 0. The van der Waals surface area contributed by atoms with Crippen LogP contribution in [0.15, 0.2) is 0 Å². The third-order valence-corrected chi connectivity index (χ3v) is 2.37. The molecule has 1 fully saturated rings. The van der Waals surface area contributed by atoms with Crippen molar-refractivity contribution in [3.8, 4) is 0 Å². The van der Waals surface area contributed by atoms with Gasteiger partial charge in [0.2, 0.25) is 0 Å². The van der Waals surface area contributed by atoms with Crippen LogP contribution < -0.4 is 0 Å². The number of esters is 2. The predicted octanol–water partition coefficient (Wildman–Crippen LogP) is 0.270. The maximum Gasteiger partial charge on any atom is 0.350 e. The molecule has 0 spiro atoms. The van der Waals surface area contributed by atoms with Gasteiger partial charge in [-0.2, -0.15) is 0 Å². The van der Waals surface area contributed by atoms with Crippen molar-refractivity contribution < 1.29 is 23.8 Å². The predicted molar refractivity (Wildman–Crippen MR) is 46.5 cm³/mol. The zero-order valence-electron chi connectivity index (χ0n) is 8.53. The molecule has 1 atom stereocenters. The van der Waals surface area contributed by atoms with Gasteiger partial charge in [0.15, 0.2) is 0 Å². The minimum Gasteiger partial charge on any atom is -0.466 e. The van der Waals surface area contributed by atoms with E-state index in [4.69, 9.17) is 4.74 Å². The minimum atomic E-state index is -1.51. The highest BCUT2D eigenvalue weighted by Gasteiger charge is 2.59. The lowest BCUT2D eigenvalue weighted by Crippen LogP contribution is -2.62. The third kappa shape index (κ3) is 1.48. The molecule has 1 aliphatic rings. The summed E-state index contributed by atoms with van der Waals surface area (Å²) in [7, 11) is 2.44. The normalized spacial score (nSPS) is 23.5. The van der Waals surface area contributed by atoms with Gasteiger partial charge in [0.25, 0.3) is 5.60 Å². The smallest absolute Gasteiger partial charge is 0.350 e. The molecule has 0 bridgehead atoms. The Kier molecular flexibility index (Phi) is 3.10. The summed E-state index contributed by atoms with van der Waals surface area (Å²) in [6.45, 7) is 1.92. The van der Waals surface area contributed by atoms with Crippen LogP contribution in [0.2, 0.25) is 0 Å². The Morgan fingerprint density at radius 2 is 1.79 bits per heavy atom. The molecule has 0 N–H and O–H groups in total. The van der Waals surface area contributed by atoms with Crippen molar-refractivity contribution in [2.75, 3.05) is 14.2 Å². The fourth-order valence-electron chi connectivity index (χ4n) is 1.50. The number of hydrogen-bond acceptors (Lipinski definition) is 5. The summed E-state index contributed by atoms with van der Waals surface area (Å²) in [5, 5.41) is 0. The largest absolute Gasteiger partial charge is 0.466 e. The van der Waals surface area contributed by atoms with E-state index < -0.39 is 17.5 Å². The van der Waals surface area contributed by atoms with Crippen molar-refractivity contribution in [3.63, 3.8) is 0 Å². The van der Waals surface area contributed by atoms with Gasteiger partial charge in [-0.3, -0.25) is 0 Å². The van der Waals surface area contributed by atoms with Crippen LogP contribution in [-0.4, -0.2) is 37.9 Å². The van der Waals surface area contributed by atoms with Crippen LogP contribution >= 0.6 is 0 Å². The van der Waals surface area contributed by atoms with Crippen molar-refractivity contribution >= 4 is 11.9 Å². The maximum atomic E-state index is 11.3. The monoisotopic (exact) mass is 202 g/mol. The Hall–Kier alpha value is -1.10. The Morgan fingerprint density at radius 3 is 2.07 bits per heavy atom. The summed E-state index contributed by atoms with van der Waals surface area (Å²) in [5.74, 6) is -1.37. The summed E-state index contributed by atoms with van der Waals surface area (Å²) in [4.78, 5) is 22.7. The van der Waals surface area contributed by atoms with Crippen LogP contribution in [0.25, 0.3) is 0 Å². The molecule has 0 aromatic carbocycles. The maximum absolute atomic E-state index is 11.3. The first-order chi connectivity index (χ1) is 6.60. The van der Waals surface area contributed by atoms with E-state index >= 15 is 0 Å². The number of rotatable bonds is 3.